The fourth-order valence-electron chi connectivity index (χ4n) is 2.37. The van der Waals surface area contributed by atoms with Crippen LogP contribution in [-0.4, -0.2) is 15.9 Å². The molecule has 1 heterocycles. The molecule has 0 saturated carbocycles. The van der Waals surface area contributed by atoms with Crippen LogP contribution >= 0.6 is 23.2 Å². The molecule has 0 bridgehead atoms. The van der Waals surface area contributed by atoms with Crippen LogP contribution in [0.5, 0.6) is 0 Å². The van der Waals surface area contributed by atoms with Crippen molar-refractivity contribution in [2.75, 3.05) is 10.6 Å². The summed E-state index contributed by atoms with van der Waals surface area (Å²) in [5.41, 5.74) is 2.90. The highest BCUT2D eigenvalue weighted by Crippen LogP contribution is 2.26. The third-order valence-electron chi connectivity index (χ3n) is 3.74. The van der Waals surface area contributed by atoms with Gasteiger partial charge in [0.15, 0.2) is 0 Å². The fraction of sp³-hybridized carbons (Fsp3) is 0.105. The number of anilines is 3. The van der Waals surface area contributed by atoms with Crippen LogP contribution in [0, 0.1) is 0 Å². The number of nitrogens with one attached hydrogen (secondary N) is 2. The molecule has 2 N–H and O–H groups in total. The van der Waals surface area contributed by atoms with Gasteiger partial charge in [0.25, 0.3) is 5.91 Å². The first kappa shape index (κ1) is 18.2. The monoisotopic (exact) mass is 386 g/mol. The minimum Gasteiger partial charge on any atom is -0.324 e. The number of rotatable bonds is 5. The van der Waals surface area contributed by atoms with Gasteiger partial charge in [-0.3, -0.25) is 4.79 Å². The molecule has 0 aliphatic carbocycles. The van der Waals surface area contributed by atoms with Gasteiger partial charge in [-0.2, -0.15) is 0 Å². The average molecular weight is 387 g/mol. The van der Waals surface area contributed by atoms with Crippen molar-refractivity contribution in [2.45, 2.75) is 13.3 Å². The van der Waals surface area contributed by atoms with Crippen LogP contribution in [0.25, 0.3) is 0 Å². The number of hydrogen-bond acceptors (Lipinski definition) is 4. The summed E-state index contributed by atoms with van der Waals surface area (Å²) in [6, 6.07) is 12.8. The SMILES string of the molecule is CCc1ccccc1Nc1ncc(C(=O)Nc2ccc(Cl)cc2Cl)cn1. The molecule has 0 atom stereocenters. The number of hydrogen-bond donors (Lipinski definition) is 2. The molecule has 1 aromatic heterocycles. The molecule has 2 aromatic carbocycles. The van der Waals surface area contributed by atoms with Crippen LogP contribution in [0.2, 0.25) is 10.0 Å². The predicted octanol–water partition coefficient (Wildman–Crippen LogP) is 5.34. The first-order valence-corrected chi connectivity index (χ1v) is 8.76. The Labute approximate surface area is 161 Å². The Morgan fingerprint density at radius 3 is 2.46 bits per heavy atom. The van der Waals surface area contributed by atoms with Gasteiger partial charge >= 0.3 is 0 Å². The van der Waals surface area contributed by atoms with Crippen LogP contribution in [0.3, 0.4) is 0 Å². The molecule has 0 fully saturated rings. The second-order valence-corrected chi connectivity index (χ2v) is 6.35. The lowest BCUT2D eigenvalue weighted by atomic mass is 10.1. The normalized spacial score (nSPS) is 10.4. The molecule has 3 rings (SSSR count). The van der Waals surface area contributed by atoms with Gasteiger partial charge in [0, 0.05) is 23.1 Å². The van der Waals surface area contributed by atoms with E-state index in [2.05, 4.69) is 27.5 Å². The van der Waals surface area contributed by atoms with E-state index in [0.717, 1.165) is 17.7 Å². The molecule has 0 spiro atoms. The molecular formula is C19H16Cl2N4O. The summed E-state index contributed by atoms with van der Waals surface area (Å²) in [5.74, 6) is 0.0710. The zero-order chi connectivity index (χ0) is 18.5. The van der Waals surface area contributed by atoms with E-state index in [1.54, 1.807) is 18.2 Å². The number of carbonyl (C=O) groups excluding carboxylic acids is 1. The van der Waals surface area contributed by atoms with Crippen LogP contribution < -0.4 is 10.6 Å². The predicted molar refractivity (Wildman–Crippen MR) is 106 cm³/mol. The highest BCUT2D eigenvalue weighted by Gasteiger charge is 2.11. The minimum atomic E-state index is -0.352. The van der Waals surface area contributed by atoms with Crippen LogP contribution in [0.1, 0.15) is 22.8 Å². The first-order valence-electron chi connectivity index (χ1n) is 8.00. The summed E-state index contributed by atoms with van der Waals surface area (Å²) < 4.78 is 0. The summed E-state index contributed by atoms with van der Waals surface area (Å²) >= 11 is 11.9. The summed E-state index contributed by atoms with van der Waals surface area (Å²) in [4.78, 5) is 20.7. The van der Waals surface area contributed by atoms with Crippen LogP contribution in [0.15, 0.2) is 54.9 Å². The number of halogens is 2. The van der Waals surface area contributed by atoms with E-state index in [-0.39, 0.29) is 5.91 Å². The Hall–Kier alpha value is -2.63. The molecule has 26 heavy (non-hydrogen) atoms. The molecule has 0 unspecified atom stereocenters. The number of para-hydroxylation sites is 1. The first-order chi connectivity index (χ1) is 12.6. The molecule has 1 amide bonds. The van der Waals surface area contributed by atoms with Gasteiger partial charge in [0.05, 0.1) is 16.3 Å². The number of amides is 1. The zero-order valence-electron chi connectivity index (χ0n) is 14.0. The maximum atomic E-state index is 12.3. The molecular weight excluding hydrogens is 371 g/mol. The van der Waals surface area contributed by atoms with Crippen molar-refractivity contribution in [3.05, 3.63) is 76.0 Å². The number of aromatic nitrogens is 2. The van der Waals surface area contributed by atoms with E-state index in [9.17, 15) is 4.79 Å². The molecule has 0 saturated heterocycles. The van der Waals surface area contributed by atoms with Crippen molar-refractivity contribution in [2.24, 2.45) is 0 Å². The van der Waals surface area contributed by atoms with Gasteiger partial charge in [-0.15, -0.1) is 0 Å². The third-order valence-corrected chi connectivity index (χ3v) is 4.29. The Balaban J connectivity index is 1.71. The number of aryl methyl sites for hydroxylation is 1. The second kappa shape index (κ2) is 8.17. The van der Waals surface area contributed by atoms with E-state index >= 15 is 0 Å². The fourth-order valence-corrected chi connectivity index (χ4v) is 2.82. The highest BCUT2D eigenvalue weighted by molar-refractivity contribution is 6.36. The smallest absolute Gasteiger partial charge is 0.258 e. The van der Waals surface area contributed by atoms with Gasteiger partial charge in [-0.1, -0.05) is 48.3 Å². The minimum absolute atomic E-state index is 0.324. The van der Waals surface area contributed by atoms with Crippen molar-refractivity contribution < 1.29 is 4.79 Å². The van der Waals surface area contributed by atoms with E-state index in [1.807, 2.05) is 24.3 Å². The average Bonchev–Trinajstić information content (AvgIpc) is 2.65. The van der Waals surface area contributed by atoms with E-state index < -0.39 is 0 Å². The van der Waals surface area contributed by atoms with Crippen molar-refractivity contribution in [1.82, 2.24) is 9.97 Å². The van der Waals surface area contributed by atoms with Gasteiger partial charge in [0.1, 0.15) is 0 Å². The number of benzene rings is 2. The lowest BCUT2D eigenvalue weighted by Crippen LogP contribution is -2.13. The van der Waals surface area contributed by atoms with Crippen LogP contribution in [0.4, 0.5) is 17.3 Å². The zero-order valence-corrected chi connectivity index (χ0v) is 15.5. The highest BCUT2D eigenvalue weighted by atomic mass is 35.5. The van der Waals surface area contributed by atoms with E-state index in [0.29, 0.717) is 27.2 Å². The topological polar surface area (TPSA) is 66.9 Å². The molecule has 7 heteroatoms. The van der Waals surface area contributed by atoms with Crippen molar-refractivity contribution in [3.63, 3.8) is 0 Å². The molecule has 3 aromatic rings. The Kier molecular flexibility index (Phi) is 5.71. The molecule has 132 valence electrons. The number of carbonyl (C=O) groups is 1. The van der Waals surface area contributed by atoms with E-state index in [1.165, 1.54) is 12.4 Å². The summed E-state index contributed by atoms with van der Waals surface area (Å²) in [5, 5.41) is 6.74. The maximum absolute atomic E-state index is 12.3. The Bertz CT molecular complexity index is 929. The summed E-state index contributed by atoms with van der Waals surface area (Å²) in [7, 11) is 0. The van der Waals surface area contributed by atoms with Gasteiger partial charge < -0.3 is 10.6 Å². The number of nitrogens with zero attached hydrogens (tertiary/aromatic N) is 2. The summed E-state index contributed by atoms with van der Waals surface area (Å²) in [6.07, 6.45) is 3.82. The van der Waals surface area contributed by atoms with Crippen molar-refractivity contribution >= 4 is 46.4 Å². The Morgan fingerprint density at radius 2 is 1.77 bits per heavy atom. The van der Waals surface area contributed by atoms with Gasteiger partial charge in [0.2, 0.25) is 5.95 Å². The maximum Gasteiger partial charge on any atom is 0.258 e. The largest absolute Gasteiger partial charge is 0.324 e. The van der Waals surface area contributed by atoms with Crippen molar-refractivity contribution in [3.8, 4) is 0 Å². The molecule has 5 nitrogen and oxygen atoms in total. The lowest BCUT2D eigenvalue weighted by molar-refractivity contribution is 0.102. The molecule has 0 aliphatic heterocycles. The molecule has 0 radical (unpaired) electrons. The summed E-state index contributed by atoms with van der Waals surface area (Å²) in [6.45, 7) is 2.08. The third kappa shape index (κ3) is 4.31. The molecule has 0 aliphatic rings. The van der Waals surface area contributed by atoms with E-state index in [4.69, 9.17) is 23.2 Å². The standard InChI is InChI=1S/C19H16Cl2N4O/c1-2-12-5-3-4-6-16(12)25-19-22-10-13(11-23-19)18(26)24-17-8-7-14(20)9-15(17)21/h3-11H,2H2,1H3,(H,24,26)(H,22,23,25). The Morgan fingerprint density at radius 1 is 1.04 bits per heavy atom. The quantitative estimate of drug-likeness (QED) is 0.620. The van der Waals surface area contributed by atoms with Gasteiger partial charge in [-0.25, -0.2) is 9.97 Å². The second-order valence-electron chi connectivity index (χ2n) is 5.51. The lowest BCUT2D eigenvalue weighted by Gasteiger charge is -2.10. The van der Waals surface area contributed by atoms with Crippen molar-refractivity contribution in [1.29, 1.82) is 0 Å². The van der Waals surface area contributed by atoms with Crippen LogP contribution in [-0.2, 0) is 6.42 Å². The van der Waals surface area contributed by atoms with Gasteiger partial charge in [-0.05, 0) is 36.2 Å².